The van der Waals surface area contributed by atoms with Crippen molar-refractivity contribution < 1.29 is 29.2 Å². The summed E-state index contributed by atoms with van der Waals surface area (Å²) in [4.78, 5) is 14.7. The number of hydrogen-bond donors (Lipinski definition) is 3. The van der Waals surface area contributed by atoms with Crippen LogP contribution in [0.5, 0.6) is 5.75 Å². The molecule has 1 atom stereocenters. The average molecular weight is 328 g/mol. The van der Waals surface area contributed by atoms with Crippen molar-refractivity contribution in [2.45, 2.75) is 19.4 Å². The number of amides is 1. The largest absolute Gasteiger partial charge is 0.490 e. The zero-order chi connectivity index (χ0) is 16.9. The Hall–Kier alpha value is -1.90. The molecule has 0 spiro atoms. The minimum atomic E-state index is -1.17. The lowest BCUT2D eigenvalue weighted by Crippen LogP contribution is -2.38. The monoisotopic (exact) mass is 328 g/mol. The number of aliphatic hydroxyl groups is 1. The van der Waals surface area contributed by atoms with Crippen LogP contribution >= 0.6 is 0 Å². The number of aliphatic hydroxyl groups excluding tert-OH is 1. The molecule has 0 fully saturated rings. The topological polar surface area (TPSA) is 110 Å². The third kappa shape index (κ3) is 8.97. The molecule has 0 aliphatic heterocycles. The zero-order valence-corrected chi connectivity index (χ0v) is 13.2. The van der Waals surface area contributed by atoms with Gasteiger partial charge in [-0.25, -0.2) is 4.79 Å². The van der Waals surface area contributed by atoms with Crippen LogP contribution in [0, 0.1) is 0 Å². The number of nitrogens with zero attached hydrogens (tertiary/aromatic N) is 1. The molecule has 0 unspecified atom stereocenters. The summed E-state index contributed by atoms with van der Waals surface area (Å²) in [7, 11) is 0. The molecule has 0 saturated carbocycles. The molecule has 130 valence electrons. The van der Waals surface area contributed by atoms with Gasteiger partial charge in [-0.3, -0.25) is 4.98 Å². The Morgan fingerprint density at radius 3 is 2.61 bits per heavy atom. The maximum atomic E-state index is 10.6. The van der Waals surface area contributed by atoms with Crippen molar-refractivity contribution in [3.63, 3.8) is 0 Å². The first-order valence-corrected chi connectivity index (χ1v) is 7.49. The molecule has 23 heavy (non-hydrogen) atoms. The highest BCUT2D eigenvalue weighted by Gasteiger charge is 2.11. The standard InChI is InChI=1S/C15H24N2O6/c1-2-21-5-6-22-7-8-23-14-4-3-12(16-10-14)9-13(11-18)17-15(19)20/h3-4,10,13,17-18H,2,5-9,11H2,1H3,(H,19,20)/t13-/m0/s1. The summed E-state index contributed by atoms with van der Waals surface area (Å²) in [6.07, 6.45) is 0.697. The predicted octanol–water partition coefficient (Wildman–Crippen LogP) is 0.685. The molecule has 3 N–H and O–H groups in total. The maximum Gasteiger partial charge on any atom is 0.404 e. The van der Waals surface area contributed by atoms with Gasteiger partial charge in [0.05, 0.1) is 38.7 Å². The molecule has 0 aromatic carbocycles. The molecular formula is C15H24N2O6. The minimum Gasteiger partial charge on any atom is -0.490 e. The summed E-state index contributed by atoms with van der Waals surface area (Å²) in [5, 5.41) is 20.0. The average Bonchev–Trinajstić information content (AvgIpc) is 2.54. The molecule has 1 amide bonds. The van der Waals surface area contributed by atoms with E-state index in [4.69, 9.17) is 24.4 Å². The lowest BCUT2D eigenvalue weighted by atomic mass is 10.1. The Labute approximate surface area is 135 Å². The Balaban J connectivity index is 2.26. The molecule has 1 aromatic heterocycles. The molecular weight excluding hydrogens is 304 g/mol. The van der Waals surface area contributed by atoms with Gasteiger partial charge in [-0.15, -0.1) is 0 Å². The van der Waals surface area contributed by atoms with Crippen molar-refractivity contribution in [1.29, 1.82) is 0 Å². The molecule has 0 bridgehead atoms. The van der Waals surface area contributed by atoms with E-state index in [2.05, 4.69) is 10.3 Å². The quantitative estimate of drug-likeness (QED) is 0.484. The fraction of sp³-hybridized carbons (Fsp3) is 0.600. The second kappa shape index (κ2) is 11.6. The summed E-state index contributed by atoms with van der Waals surface area (Å²) in [6, 6.07) is 2.90. The molecule has 8 nitrogen and oxygen atoms in total. The summed E-state index contributed by atoms with van der Waals surface area (Å²) in [5.74, 6) is 0.605. The van der Waals surface area contributed by atoms with Crippen molar-refractivity contribution in [3.05, 3.63) is 24.0 Å². The van der Waals surface area contributed by atoms with E-state index < -0.39 is 12.1 Å². The Kier molecular flexibility index (Phi) is 9.69. The minimum absolute atomic E-state index is 0.286. The molecule has 0 radical (unpaired) electrons. The van der Waals surface area contributed by atoms with Crippen LogP contribution in [-0.2, 0) is 15.9 Å². The normalized spacial score (nSPS) is 11.9. The van der Waals surface area contributed by atoms with E-state index in [1.165, 1.54) is 0 Å². The van der Waals surface area contributed by atoms with Crippen molar-refractivity contribution in [1.82, 2.24) is 10.3 Å². The SMILES string of the molecule is CCOCCOCCOc1ccc(C[C@@H](CO)NC(=O)O)nc1. The molecule has 0 aliphatic rings. The van der Waals surface area contributed by atoms with Gasteiger partial charge in [0, 0.05) is 18.7 Å². The Bertz CT molecular complexity index is 440. The van der Waals surface area contributed by atoms with Gasteiger partial charge in [0.15, 0.2) is 0 Å². The van der Waals surface area contributed by atoms with Gasteiger partial charge in [0.25, 0.3) is 0 Å². The number of rotatable bonds is 12. The van der Waals surface area contributed by atoms with Crippen LogP contribution < -0.4 is 10.1 Å². The first kappa shape index (κ1) is 19.1. The highest BCUT2D eigenvalue weighted by atomic mass is 16.5. The van der Waals surface area contributed by atoms with Gasteiger partial charge in [-0.2, -0.15) is 0 Å². The van der Waals surface area contributed by atoms with Crippen molar-refractivity contribution in [2.75, 3.05) is 39.6 Å². The van der Waals surface area contributed by atoms with E-state index in [9.17, 15) is 4.79 Å². The number of ether oxygens (including phenoxy) is 3. The first-order valence-electron chi connectivity index (χ1n) is 7.49. The fourth-order valence-corrected chi connectivity index (χ4v) is 1.79. The van der Waals surface area contributed by atoms with Gasteiger partial charge < -0.3 is 29.7 Å². The summed E-state index contributed by atoms with van der Waals surface area (Å²) in [5.41, 5.74) is 0.665. The molecule has 1 aromatic rings. The Morgan fingerprint density at radius 1 is 1.26 bits per heavy atom. The predicted molar refractivity (Wildman–Crippen MR) is 82.8 cm³/mol. The zero-order valence-electron chi connectivity index (χ0n) is 13.2. The first-order chi connectivity index (χ1) is 11.2. The summed E-state index contributed by atoms with van der Waals surface area (Å²) in [6.45, 7) is 4.30. The van der Waals surface area contributed by atoms with Crippen LogP contribution in [0.1, 0.15) is 12.6 Å². The fourth-order valence-electron chi connectivity index (χ4n) is 1.79. The summed E-state index contributed by atoms with van der Waals surface area (Å²) < 4.78 is 15.9. The van der Waals surface area contributed by atoms with Crippen molar-refractivity contribution in [3.8, 4) is 5.75 Å². The van der Waals surface area contributed by atoms with E-state index in [1.807, 2.05) is 6.92 Å². The van der Waals surface area contributed by atoms with E-state index in [-0.39, 0.29) is 6.61 Å². The van der Waals surface area contributed by atoms with Crippen molar-refractivity contribution >= 4 is 6.09 Å². The van der Waals surface area contributed by atoms with E-state index in [1.54, 1.807) is 18.3 Å². The lowest BCUT2D eigenvalue weighted by Gasteiger charge is -2.13. The number of carbonyl (C=O) groups is 1. The van der Waals surface area contributed by atoms with Crippen LogP contribution in [0.3, 0.4) is 0 Å². The number of pyridine rings is 1. The van der Waals surface area contributed by atoms with Gasteiger partial charge >= 0.3 is 6.09 Å². The highest BCUT2D eigenvalue weighted by Crippen LogP contribution is 2.10. The van der Waals surface area contributed by atoms with Gasteiger partial charge in [0.2, 0.25) is 0 Å². The third-order valence-electron chi connectivity index (χ3n) is 2.87. The van der Waals surface area contributed by atoms with Crippen LogP contribution in [0.25, 0.3) is 0 Å². The number of aromatic nitrogens is 1. The van der Waals surface area contributed by atoms with Crippen LogP contribution in [0.4, 0.5) is 4.79 Å². The third-order valence-corrected chi connectivity index (χ3v) is 2.87. The van der Waals surface area contributed by atoms with Crippen LogP contribution in [0.2, 0.25) is 0 Å². The summed E-state index contributed by atoms with van der Waals surface area (Å²) >= 11 is 0. The second-order valence-electron chi connectivity index (χ2n) is 4.68. The molecule has 0 aliphatic carbocycles. The second-order valence-corrected chi connectivity index (χ2v) is 4.68. The maximum absolute atomic E-state index is 10.6. The van der Waals surface area contributed by atoms with E-state index in [0.29, 0.717) is 50.9 Å². The van der Waals surface area contributed by atoms with Crippen LogP contribution in [-0.4, -0.2) is 67.0 Å². The van der Waals surface area contributed by atoms with Crippen LogP contribution in [0.15, 0.2) is 18.3 Å². The lowest BCUT2D eigenvalue weighted by molar-refractivity contribution is 0.0404. The smallest absolute Gasteiger partial charge is 0.404 e. The molecule has 1 heterocycles. The number of nitrogens with one attached hydrogen (secondary N) is 1. The van der Waals surface area contributed by atoms with E-state index in [0.717, 1.165) is 0 Å². The van der Waals surface area contributed by atoms with Gasteiger partial charge in [-0.05, 0) is 19.1 Å². The molecule has 1 rings (SSSR count). The van der Waals surface area contributed by atoms with E-state index >= 15 is 0 Å². The highest BCUT2D eigenvalue weighted by molar-refractivity contribution is 5.64. The van der Waals surface area contributed by atoms with Crippen molar-refractivity contribution in [2.24, 2.45) is 0 Å². The molecule has 0 saturated heterocycles. The van der Waals surface area contributed by atoms with Gasteiger partial charge in [-0.1, -0.05) is 0 Å². The number of carboxylic acid groups (broad SMARTS) is 1. The Morgan fingerprint density at radius 2 is 2.00 bits per heavy atom. The number of hydrogen-bond acceptors (Lipinski definition) is 6. The van der Waals surface area contributed by atoms with Gasteiger partial charge in [0.1, 0.15) is 12.4 Å². The molecule has 8 heteroatoms.